The molecule has 1 aliphatic heterocycles. The van der Waals surface area contributed by atoms with Crippen molar-refractivity contribution in [2.24, 2.45) is 0 Å². The Kier molecular flexibility index (Phi) is 2.77. The molecule has 1 atom stereocenters. The lowest BCUT2D eigenvalue weighted by Gasteiger charge is -2.03. The molecule has 3 nitrogen and oxygen atoms in total. The van der Waals surface area contributed by atoms with E-state index in [-0.39, 0.29) is 17.7 Å². The Balaban J connectivity index is 1.72. The Hall–Kier alpha value is -0.570. The van der Waals surface area contributed by atoms with Crippen molar-refractivity contribution in [1.29, 1.82) is 0 Å². The smallest absolute Gasteiger partial charge is 0.338 e. The number of rotatable bonds is 4. The predicted molar refractivity (Wildman–Crippen MR) is 51.9 cm³/mol. The third kappa shape index (κ3) is 1.78. The average Bonchev–Trinajstić information content (AvgIpc) is 2.65. The SMILES string of the molecule is CCCCOC(=O)C1OC12CCCC2. The first-order chi connectivity index (χ1) is 6.78. The monoisotopic (exact) mass is 198 g/mol. The van der Waals surface area contributed by atoms with Gasteiger partial charge in [0.2, 0.25) is 0 Å². The molecule has 0 aromatic heterocycles. The highest BCUT2D eigenvalue weighted by Gasteiger charge is 2.62. The zero-order valence-electron chi connectivity index (χ0n) is 8.75. The van der Waals surface area contributed by atoms with Crippen LogP contribution in [0.1, 0.15) is 45.4 Å². The van der Waals surface area contributed by atoms with Gasteiger partial charge >= 0.3 is 5.97 Å². The van der Waals surface area contributed by atoms with Gasteiger partial charge in [-0.3, -0.25) is 0 Å². The summed E-state index contributed by atoms with van der Waals surface area (Å²) >= 11 is 0. The third-order valence-corrected chi connectivity index (χ3v) is 3.18. The van der Waals surface area contributed by atoms with Crippen LogP contribution in [-0.2, 0) is 14.3 Å². The fraction of sp³-hybridized carbons (Fsp3) is 0.909. The fourth-order valence-electron chi connectivity index (χ4n) is 2.21. The molecule has 1 unspecified atom stereocenters. The zero-order chi connectivity index (χ0) is 10.0. The Bertz CT molecular complexity index is 219. The molecule has 1 aliphatic carbocycles. The lowest BCUT2D eigenvalue weighted by Crippen LogP contribution is -2.20. The average molecular weight is 198 g/mol. The van der Waals surface area contributed by atoms with E-state index in [9.17, 15) is 4.79 Å². The lowest BCUT2D eigenvalue weighted by atomic mass is 10.0. The topological polar surface area (TPSA) is 38.8 Å². The highest BCUT2D eigenvalue weighted by atomic mass is 16.7. The van der Waals surface area contributed by atoms with Crippen LogP contribution in [0.5, 0.6) is 0 Å². The van der Waals surface area contributed by atoms with Gasteiger partial charge in [0.15, 0.2) is 6.10 Å². The van der Waals surface area contributed by atoms with E-state index in [2.05, 4.69) is 6.92 Å². The van der Waals surface area contributed by atoms with E-state index in [4.69, 9.17) is 9.47 Å². The van der Waals surface area contributed by atoms with Crippen LogP contribution in [0, 0.1) is 0 Å². The summed E-state index contributed by atoms with van der Waals surface area (Å²) in [5.74, 6) is -0.139. The van der Waals surface area contributed by atoms with Gasteiger partial charge in [-0.15, -0.1) is 0 Å². The molecule has 14 heavy (non-hydrogen) atoms. The number of carbonyl (C=O) groups is 1. The van der Waals surface area contributed by atoms with E-state index in [0.717, 1.165) is 25.7 Å². The van der Waals surface area contributed by atoms with Crippen LogP contribution in [0.15, 0.2) is 0 Å². The van der Waals surface area contributed by atoms with E-state index >= 15 is 0 Å². The van der Waals surface area contributed by atoms with Crippen molar-refractivity contribution in [2.75, 3.05) is 6.61 Å². The number of epoxide rings is 1. The number of esters is 1. The molecule has 80 valence electrons. The summed E-state index contributed by atoms with van der Waals surface area (Å²) in [7, 11) is 0. The molecule has 0 N–H and O–H groups in total. The summed E-state index contributed by atoms with van der Waals surface area (Å²) in [5.41, 5.74) is -0.0940. The number of unbranched alkanes of at least 4 members (excludes halogenated alkanes) is 1. The summed E-state index contributed by atoms with van der Waals surface area (Å²) in [6.45, 7) is 2.63. The lowest BCUT2D eigenvalue weighted by molar-refractivity contribution is -0.145. The van der Waals surface area contributed by atoms with Gasteiger partial charge in [0.1, 0.15) is 5.60 Å². The summed E-state index contributed by atoms with van der Waals surface area (Å²) in [5, 5.41) is 0. The van der Waals surface area contributed by atoms with E-state index in [1.54, 1.807) is 0 Å². The molecule has 2 rings (SSSR count). The minimum atomic E-state index is -0.234. The first-order valence-electron chi connectivity index (χ1n) is 5.63. The van der Waals surface area contributed by atoms with E-state index < -0.39 is 0 Å². The molecule has 1 saturated heterocycles. The summed E-state index contributed by atoms with van der Waals surface area (Å²) in [6, 6.07) is 0. The van der Waals surface area contributed by atoms with Gasteiger partial charge in [-0.05, 0) is 19.3 Å². The van der Waals surface area contributed by atoms with E-state index in [0.29, 0.717) is 6.61 Å². The fourth-order valence-corrected chi connectivity index (χ4v) is 2.21. The number of carbonyl (C=O) groups excluding carboxylic acids is 1. The first-order valence-corrected chi connectivity index (χ1v) is 5.63. The van der Waals surface area contributed by atoms with Crippen molar-refractivity contribution >= 4 is 5.97 Å². The van der Waals surface area contributed by atoms with Crippen molar-refractivity contribution < 1.29 is 14.3 Å². The summed E-state index contributed by atoms with van der Waals surface area (Å²) < 4.78 is 10.6. The Morgan fingerprint density at radius 2 is 2.21 bits per heavy atom. The van der Waals surface area contributed by atoms with Crippen molar-refractivity contribution in [3.63, 3.8) is 0 Å². The molecule has 2 aliphatic rings. The molecule has 0 radical (unpaired) electrons. The van der Waals surface area contributed by atoms with Gasteiger partial charge in [0, 0.05) is 0 Å². The van der Waals surface area contributed by atoms with Gasteiger partial charge in [-0.1, -0.05) is 26.2 Å². The Labute approximate surface area is 84.8 Å². The second kappa shape index (κ2) is 3.89. The molecule has 0 bridgehead atoms. The second-order valence-electron chi connectivity index (χ2n) is 4.29. The van der Waals surface area contributed by atoms with Gasteiger partial charge in [0.25, 0.3) is 0 Å². The minimum absolute atomic E-state index is 0.0940. The highest BCUT2D eigenvalue weighted by molar-refractivity contribution is 5.79. The largest absolute Gasteiger partial charge is 0.464 e. The molecule has 1 spiro atoms. The maximum atomic E-state index is 11.5. The maximum Gasteiger partial charge on any atom is 0.338 e. The quantitative estimate of drug-likeness (QED) is 0.394. The van der Waals surface area contributed by atoms with Crippen molar-refractivity contribution in [3.8, 4) is 0 Å². The minimum Gasteiger partial charge on any atom is -0.464 e. The molecule has 3 heteroatoms. The highest BCUT2D eigenvalue weighted by Crippen LogP contribution is 2.50. The normalized spacial score (nSPS) is 27.9. The van der Waals surface area contributed by atoms with Crippen LogP contribution < -0.4 is 0 Å². The van der Waals surface area contributed by atoms with Crippen molar-refractivity contribution in [1.82, 2.24) is 0 Å². The van der Waals surface area contributed by atoms with Gasteiger partial charge < -0.3 is 9.47 Å². The molecule has 1 heterocycles. The van der Waals surface area contributed by atoms with E-state index in [1.807, 2.05) is 0 Å². The van der Waals surface area contributed by atoms with Crippen LogP contribution in [0.2, 0.25) is 0 Å². The molecule has 0 amide bonds. The molecule has 0 aromatic carbocycles. The van der Waals surface area contributed by atoms with Gasteiger partial charge in [0.05, 0.1) is 6.61 Å². The Morgan fingerprint density at radius 1 is 1.50 bits per heavy atom. The Morgan fingerprint density at radius 3 is 2.86 bits per heavy atom. The molecular weight excluding hydrogens is 180 g/mol. The van der Waals surface area contributed by atoms with Crippen LogP contribution in [0.3, 0.4) is 0 Å². The van der Waals surface area contributed by atoms with E-state index in [1.165, 1.54) is 12.8 Å². The first kappa shape index (κ1) is 9.97. The van der Waals surface area contributed by atoms with Crippen LogP contribution >= 0.6 is 0 Å². The maximum absolute atomic E-state index is 11.5. The van der Waals surface area contributed by atoms with Crippen LogP contribution in [0.4, 0.5) is 0 Å². The number of ether oxygens (including phenoxy) is 2. The molecule has 2 fully saturated rings. The molecular formula is C11H18O3. The van der Waals surface area contributed by atoms with Gasteiger partial charge in [-0.25, -0.2) is 4.79 Å². The molecule has 1 saturated carbocycles. The zero-order valence-corrected chi connectivity index (χ0v) is 8.75. The molecule has 0 aromatic rings. The van der Waals surface area contributed by atoms with Gasteiger partial charge in [-0.2, -0.15) is 0 Å². The van der Waals surface area contributed by atoms with Crippen LogP contribution in [-0.4, -0.2) is 24.3 Å². The summed E-state index contributed by atoms with van der Waals surface area (Å²) in [4.78, 5) is 11.5. The van der Waals surface area contributed by atoms with Crippen LogP contribution in [0.25, 0.3) is 0 Å². The van der Waals surface area contributed by atoms with Crippen molar-refractivity contribution in [2.45, 2.75) is 57.2 Å². The predicted octanol–water partition coefficient (Wildman–Crippen LogP) is 2.04. The number of hydrogen-bond acceptors (Lipinski definition) is 3. The third-order valence-electron chi connectivity index (χ3n) is 3.18. The second-order valence-corrected chi connectivity index (χ2v) is 4.29. The summed E-state index contributed by atoms with van der Waals surface area (Å²) in [6.07, 6.45) is 6.25. The number of hydrogen-bond donors (Lipinski definition) is 0. The van der Waals surface area contributed by atoms with Crippen molar-refractivity contribution in [3.05, 3.63) is 0 Å². The standard InChI is InChI=1S/C11H18O3/c1-2-3-8-13-10(12)9-11(14-9)6-4-5-7-11/h9H,2-8H2,1H3.